The van der Waals surface area contributed by atoms with Gasteiger partial charge in [0, 0.05) is 18.3 Å². The number of aryl methyl sites for hydroxylation is 2. The van der Waals surface area contributed by atoms with E-state index in [-0.39, 0.29) is 24.2 Å². The molecule has 0 saturated heterocycles. The van der Waals surface area contributed by atoms with Crippen LogP contribution in [0.2, 0.25) is 0 Å². The fourth-order valence-corrected chi connectivity index (χ4v) is 3.97. The van der Waals surface area contributed by atoms with Crippen molar-refractivity contribution in [3.63, 3.8) is 0 Å². The number of nitrogens with zero attached hydrogens (tertiary/aromatic N) is 3. The first-order valence-electron chi connectivity index (χ1n) is 10.3. The number of amides is 2. The lowest BCUT2D eigenvalue weighted by Crippen LogP contribution is -2.32. The van der Waals surface area contributed by atoms with E-state index in [1.807, 2.05) is 32.0 Å². The molecule has 0 aliphatic rings. The SMILES string of the molecule is COc1ccc(C(=O)N[C@@H](CO)c2nnc(SCC(=O)Nc3c(C)cccc3C)n2C)cc1. The molecule has 9 nitrogen and oxygen atoms in total. The zero-order valence-electron chi connectivity index (χ0n) is 19.0. The lowest BCUT2D eigenvalue weighted by atomic mass is 10.1. The summed E-state index contributed by atoms with van der Waals surface area (Å²) >= 11 is 1.22. The number of rotatable bonds is 9. The van der Waals surface area contributed by atoms with Gasteiger partial charge in [0.25, 0.3) is 5.91 Å². The highest BCUT2D eigenvalue weighted by Crippen LogP contribution is 2.22. The van der Waals surface area contributed by atoms with Crippen LogP contribution in [0.1, 0.15) is 33.4 Å². The summed E-state index contributed by atoms with van der Waals surface area (Å²) < 4.78 is 6.76. The number of anilines is 1. The van der Waals surface area contributed by atoms with Crippen molar-refractivity contribution in [2.45, 2.75) is 25.0 Å². The zero-order valence-corrected chi connectivity index (χ0v) is 19.8. The molecule has 0 saturated carbocycles. The number of methoxy groups -OCH3 is 1. The summed E-state index contributed by atoms with van der Waals surface area (Å²) in [6, 6.07) is 11.7. The van der Waals surface area contributed by atoms with Crippen molar-refractivity contribution in [3.8, 4) is 5.75 Å². The number of hydrogen-bond acceptors (Lipinski definition) is 7. The smallest absolute Gasteiger partial charge is 0.251 e. The minimum Gasteiger partial charge on any atom is -0.497 e. The van der Waals surface area contributed by atoms with Gasteiger partial charge in [-0.25, -0.2) is 0 Å². The number of aliphatic hydroxyl groups excluding tert-OH is 1. The van der Waals surface area contributed by atoms with Crippen molar-refractivity contribution < 1.29 is 19.4 Å². The molecule has 1 atom stereocenters. The van der Waals surface area contributed by atoms with Gasteiger partial charge in [0.1, 0.15) is 11.8 Å². The Kier molecular flexibility index (Phi) is 8.07. The molecule has 0 radical (unpaired) electrons. The van der Waals surface area contributed by atoms with Crippen molar-refractivity contribution in [1.82, 2.24) is 20.1 Å². The van der Waals surface area contributed by atoms with Crippen LogP contribution in [0, 0.1) is 13.8 Å². The fourth-order valence-electron chi connectivity index (χ4n) is 3.25. The molecule has 0 aliphatic heterocycles. The van der Waals surface area contributed by atoms with E-state index >= 15 is 0 Å². The molecule has 0 spiro atoms. The summed E-state index contributed by atoms with van der Waals surface area (Å²) in [5.41, 5.74) is 3.22. The third-order valence-electron chi connectivity index (χ3n) is 5.10. The van der Waals surface area contributed by atoms with E-state index in [2.05, 4.69) is 20.8 Å². The number of benzene rings is 2. The number of ether oxygens (including phenoxy) is 1. The number of carbonyl (C=O) groups excluding carboxylic acids is 2. The molecule has 3 N–H and O–H groups in total. The maximum absolute atomic E-state index is 12.6. The molecule has 1 heterocycles. The number of para-hydroxylation sites is 1. The number of aliphatic hydroxyl groups is 1. The summed E-state index contributed by atoms with van der Waals surface area (Å²) in [6.07, 6.45) is 0. The van der Waals surface area contributed by atoms with Gasteiger partial charge >= 0.3 is 0 Å². The van der Waals surface area contributed by atoms with Gasteiger partial charge in [0.05, 0.1) is 19.5 Å². The molecular weight excluding hydrogens is 442 g/mol. The number of nitrogens with one attached hydrogen (secondary N) is 2. The van der Waals surface area contributed by atoms with Crippen LogP contribution >= 0.6 is 11.8 Å². The zero-order chi connectivity index (χ0) is 24.0. The third-order valence-corrected chi connectivity index (χ3v) is 6.12. The molecule has 1 aromatic heterocycles. The third kappa shape index (κ3) is 5.91. The first-order chi connectivity index (χ1) is 15.8. The monoisotopic (exact) mass is 469 g/mol. The van der Waals surface area contributed by atoms with Crippen LogP contribution in [-0.2, 0) is 11.8 Å². The Morgan fingerprint density at radius 2 is 1.79 bits per heavy atom. The average molecular weight is 470 g/mol. The van der Waals surface area contributed by atoms with Crippen LogP contribution < -0.4 is 15.4 Å². The second-order valence-electron chi connectivity index (χ2n) is 7.44. The lowest BCUT2D eigenvalue weighted by Gasteiger charge is -2.16. The molecule has 3 aromatic rings. The number of aromatic nitrogens is 3. The summed E-state index contributed by atoms with van der Waals surface area (Å²) in [5, 5.41) is 24.3. The summed E-state index contributed by atoms with van der Waals surface area (Å²) in [7, 11) is 3.27. The number of carbonyl (C=O) groups is 2. The molecule has 0 bridgehead atoms. The van der Waals surface area contributed by atoms with Gasteiger partial charge in [0.2, 0.25) is 5.91 Å². The summed E-state index contributed by atoms with van der Waals surface area (Å²) in [5.74, 6) is 0.649. The second kappa shape index (κ2) is 11.0. The van der Waals surface area contributed by atoms with Crippen molar-refractivity contribution in [2.24, 2.45) is 7.05 Å². The summed E-state index contributed by atoms with van der Waals surface area (Å²) in [6.45, 7) is 3.53. The predicted octanol–water partition coefficient (Wildman–Crippen LogP) is 2.63. The largest absolute Gasteiger partial charge is 0.497 e. The Morgan fingerprint density at radius 1 is 1.12 bits per heavy atom. The van der Waals surface area contributed by atoms with Crippen LogP contribution in [0.3, 0.4) is 0 Å². The van der Waals surface area contributed by atoms with E-state index in [9.17, 15) is 14.7 Å². The van der Waals surface area contributed by atoms with Crippen LogP contribution in [-0.4, -0.2) is 51.2 Å². The van der Waals surface area contributed by atoms with E-state index in [1.54, 1.807) is 43.0 Å². The highest BCUT2D eigenvalue weighted by Gasteiger charge is 2.22. The predicted molar refractivity (Wildman–Crippen MR) is 127 cm³/mol. The molecule has 0 aliphatic carbocycles. The molecule has 0 unspecified atom stereocenters. The Morgan fingerprint density at radius 3 is 2.39 bits per heavy atom. The molecular formula is C23H27N5O4S. The van der Waals surface area contributed by atoms with E-state index in [0.717, 1.165) is 16.8 Å². The topological polar surface area (TPSA) is 118 Å². The molecule has 10 heteroatoms. The van der Waals surface area contributed by atoms with E-state index < -0.39 is 6.04 Å². The van der Waals surface area contributed by atoms with Crippen molar-refractivity contribution in [3.05, 3.63) is 65.0 Å². The van der Waals surface area contributed by atoms with Gasteiger partial charge in [-0.05, 0) is 49.2 Å². The lowest BCUT2D eigenvalue weighted by molar-refractivity contribution is -0.113. The van der Waals surface area contributed by atoms with E-state index in [1.165, 1.54) is 11.8 Å². The van der Waals surface area contributed by atoms with Gasteiger partial charge in [-0.1, -0.05) is 30.0 Å². The second-order valence-corrected chi connectivity index (χ2v) is 8.38. The van der Waals surface area contributed by atoms with Crippen molar-refractivity contribution in [2.75, 3.05) is 24.8 Å². The quantitative estimate of drug-likeness (QED) is 0.412. The van der Waals surface area contributed by atoms with Gasteiger partial charge in [-0.3, -0.25) is 9.59 Å². The van der Waals surface area contributed by atoms with Gasteiger partial charge in [0.15, 0.2) is 11.0 Å². The van der Waals surface area contributed by atoms with E-state index in [0.29, 0.717) is 22.3 Å². The van der Waals surface area contributed by atoms with Crippen LogP contribution in [0.15, 0.2) is 47.6 Å². The van der Waals surface area contributed by atoms with Crippen molar-refractivity contribution >= 4 is 29.3 Å². The van der Waals surface area contributed by atoms with Crippen LogP contribution in [0.5, 0.6) is 5.75 Å². The average Bonchev–Trinajstić information content (AvgIpc) is 3.18. The Bertz CT molecular complexity index is 1110. The maximum atomic E-state index is 12.6. The minimum atomic E-state index is -0.755. The molecule has 2 amide bonds. The molecule has 174 valence electrons. The van der Waals surface area contributed by atoms with Gasteiger partial charge < -0.3 is 25.0 Å². The normalized spacial score (nSPS) is 11.7. The molecule has 2 aromatic carbocycles. The highest BCUT2D eigenvalue weighted by atomic mass is 32.2. The number of hydrogen-bond donors (Lipinski definition) is 3. The van der Waals surface area contributed by atoms with E-state index in [4.69, 9.17) is 4.74 Å². The summed E-state index contributed by atoms with van der Waals surface area (Å²) in [4.78, 5) is 25.0. The molecule has 0 fully saturated rings. The maximum Gasteiger partial charge on any atom is 0.251 e. The van der Waals surface area contributed by atoms with Gasteiger partial charge in [-0.2, -0.15) is 0 Å². The first kappa shape index (κ1) is 24.3. The van der Waals surface area contributed by atoms with Crippen molar-refractivity contribution in [1.29, 1.82) is 0 Å². The first-order valence-corrected chi connectivity index (χ1v) is 11.3. The standard InChI is InChI=1S/C23H27N5O4S/c1-14-6-5-7-15(2)20(14)25-19(30)13-33-23-27-26-21(28(23)3)18(12-29)24-22(31)16-8-10-17(32-4)11-9-16/h5-11,18,29H,12-13H2,1-4H3,(H,24,31)(H,25,30)/t18-/m0/s1. The van der Waals surface area contributed by atoms with Crippen LogP contribution in [0.4, 0.5) is 5.69 Å². The Balaban J connectivity index is 1.63. The molecule has 33 heavy (non-hydrogen) atoms. The number of thioether (sulfide) groups is 1. The Labute approximate surface area is 196 Å². The molecule has 3 rings (SSSR count). The highest BCUT2D eigenvalue weighted by molar-refractivity contribution is 7.99. The fraction of sp³-hybridized carbons (Fsp3) is 0.304. The van der Waals surface area contributed by atoms with Crippen LogP contribution in [0.25, 0.3) is 0 Å². The minimum absolute atomic E-state index is 0.141. The van der Waals surface area contributed by atoms with Gasteiger partial charge in [-0.15, -0.1) is 10.2 Å². The Hall–Kier alpha value is -3.37.